The first-order chi connectivity index (χ1) is 19.9. The summed E-state index contributed by atoms with van der Waals surface area (Å²) in [5, 5.41) is 2.24. The van der Waals surface area contributed by atoms with E-state index in [0.29, 0.717) is 15.9 Å². The first kappa shape index (κ1) is 33.9. The van der Waals surface area contributed by atoms with Crippen molar-refractivity contribution in [2.24, 2.45) is 0 Å². The first-order valence-electron chi connectivity index (χ1n) is 13.6. The van der Waals surface area contributed by atoms with Gasteiger partial charge in [-0.15, -0.1) is 0 Å². The van der Waals surface area contributed by atoms with Crippen LogP contribution in [0.1, 0.15) is 50.8 Å². The number of hydrogen-bond acceptors (Lipinski definition) is 4. The average molecular weight is 638 g/mol. The molecule has 232 valence electrons. The second-order valence-corrected chi connectivity index (χ2v) is 13.4. The van der Waals surface area contributed by atoms with Crippen LogP contribution in [0.2, 0.25) is 5.02 Å². The highest BCUT2D eigenvalue weighted by Crippen LogP contribution is 2.38. The summed E-state index contributed by atoms with van der Waals surface area (Å²) in [4.78, 5) is 28.5. The van der Waals surface area contributed by atoms with Crippen molar-refractivity contribution in [3.63, 3.8) is 0 Å². The monoisotopic (exact) mass is 637 g/mol. The summed E-state index contributed by atoms with van der Waals surface area (Å²) in [6, 6.07) is 16.2. The summed E-state index contributed by atoms with van der Waals surface area (Å²) in [6.45, 7) is 7.92. The Labute approximate surface area is 255 Å². The van der Waals surface area contributed by atoms with Crippen LogP contribution in [0.15, 0.2) is 77.7 Å². The van der Waals surface area contributed by atoms with E-state index in [1.54, 1.807) is 77.1 Å². The smallest absolute Gasteiger partial charge is 0.350 e. The number of nitrogens with zero attached hydrogens (tertiary/aromatic N) is 2. The molecule has 3 rings (SSSR count). The van der Waals surface area contributed by atoms with Crippen molar-refractivity contribution in [1.29, 1.82) is 0 Å². The highest BCUT2D eigenvalue weighted by atomic mass is 35.5. The lowest BCUT2D eigenvalue weighted by Gasteiger charge is -2.35. The quantitative estimate of drug-likeness (QED) is 0.272. The van der Waals surface area contributed by atoms with Gasteiger partial charge in [0.25, 0.3) is 10.0 Å². The molecule has 0 bridgehead atoms. The minimum Gasteiger partial charge on any atom is -0.350 e. The fourth-order valence-corrected chi connectivity index (χ4v) is 6.04. The normalized spacial score (nSPS) is 12.9. The zero-order chi connectivity index (χ0) is 32.2. The van der Waals surface area contributed by atoms with Crippen LogP contribution in [-0.4, -0.2) is 43.3 Å². The van der Waals surface area contributed by atoms with Gasteiger partial charge in [-0.3, -0.25) is 13.9 Å². The fraction of sp³-hybridized carbons (Fsp3) is 0.355. The van der Waals surface area contributed by atoms with Crippen molar-refractivity contribution in [2.75, 3.05) is 10.8 Å². The number of sulfonamides is 1. The molecule has 3 aromatic rings. The molecule has 1 N–H and O–H groups in total. The van der Waals surface area contributed by atoms with Gasteiger partial charge in [-0.2, -0.15) is 13.2 Å². The molecule has 0 aliphatic heterocycles. The van der Waals surface area contributed by atoms with Crippen LogP contribution in [0.5, 0.6) is 0 Å². The number of rotatable bonds is 10. The van der Waals surface area contributed by atoms with Gasteiger partial charge in [-0.25, -0.2) is 8.42 Å². The molecule has 0 aromatic heterocycles. The highest BCUT2D eigenvalue weighted by Gasteiger charge is 2.37. The number of aryl methyl sites for hydroxylation is 1. The van der Waals surface area contributed by atoms with Crippen molar-refractivity contribution in [3.05, 3.63) is 94.5 Å². The Morgan fingerprint density at radius 1 is 0.953 bits per heavy atom. The molecule has 0 aliphatic carbocycles. The standard InChI is InChI=1S/C31H35ClF3N3O4S/c1-6-27(29(40)36-30(3,4)5)37(19-22-10-8-7-9-11-22)28(39)20-38(43(41,42)24-15-12-21(2)13-16-24)23-14-17-26(32)25(18-23)31(33,34)35/h7-18,27H,6,19-20H2,1-5H3,(H,36,40)/t27-/m1/s1. The van der Waals surface area contributed by atoms with Gasteiger partial charge in [0, 0.05) is 12.1 Å². The molecule has 0 heterocycles. The maximum atomic E-state index is 14.1. The van der Waals surface area contributed by atoms with Crippen molar-refractivity contribution < 1.29 is 31.2 Å². The lowest BCUT2D eigenvalue weighted by Crippen LogP contribution is -2.55. The predicted molar refractivity (Wildman–Crippen MR) is 161 cm³/mol. The van der Waals surface area contributed by atoms with E-state index in [1.165, 1.54) is 17.0 Å². The SMILES string of the molecule is CC[C@H](C(=O)NC(C)(C)C)N(Cc1ccccc1)C(=O)CN(c1ccc(Cl)c(C(F)(F)F)c1)S(=O)(=O)c1ccc(C)cc1. The van der Waals surface area contributed by atoms with Crippen LogP contribution >= 0.6 is 11.6 Å². The molecule has 0 radical (unpaired) electrons. The van der Waals surface area contributed by atoms with E-state index in [1.807, 2.05) is 0 Å². The van der Waals surface area contributed by atoms with E-state index in [4.69, 9.17) is 11.6 Å². The van der Waals surface area contributed by atoms with Crippen LogP contribution in [0.25, 0.3) is 0 Å². The zero-order valence-electron chi connectivity index (χ0n) is 24.6. The Bertz CT molecular complexity index is 1540. The van der Waals surface area contributed by atoms with Crippen LogP contribution in [-0.2, 0) is 32.3 Å². The van der Waals surface area contributed by atoms with Crippen LogP contribution in [0.4, 0.5) is 18.9 Å². The van der Waals surface area contributed by atoms with E-state index < -0.39 is 62.4 Å². The van der Waals surface area contributed by atoms with Gasteiger partial charge in [-0.1, -0.05) is 66.6 Å². The van der Waals surface area contributed by atoms with E-state index in [2.05, 4.69) is 5.32 Å². The maximum absolute atomic E-state index is 14.1. The molecule has 0 aliphatic rings. The molecule has 3 aromatic carbocycles. The Kier molecular flexibility index (Phi) is 10.6. The zero-order valence-corrected chi connectivity index (χ0v) is 26.1. The van der Waals surface area contributed by atoms with Crippen molar-refractivity contribution in [1.82, 2.24) is 10.2 Å². The molecule has 0 unspecified atom stereocenters. The van der Waals surface area contributed by atoms with E-state index in [0.717, 1.165) is 17.7 Å². The highest BCUT2D eigenvalue weighted by molar-refractivity contribution is 7.92. The van der Waals surface area contributed by atoms with Gasteiger partial charge in [0.1, 0.15) is 12.6 Å². The molecule has 7 nitrogen and oxygen atoms in total. The Balaban J connectivity index is 2.15. The number of halogens is 4. The molecule has 0 saturated heterocycles. The number of carbonyl (C=O) groups is 2. The Hall–Kier alpha value is -3.57. The first-order valence-corrected chi connectivity index (χ1v) is 15.4. The summed E-state index contributed by atoms with van der Waals surface area (Å²) in [5.41, 5.74) is -0.837. The summed E-state index contributed by atoms with van der Waals surface area (Å²) >= 11 is 5.82. The number of alkyl halides is 3. The summed E-state index contributed by atoms with van der Waals surface area (Å²) in [6.07, 6.45) is -4.68. The van der Waals surface area contributed by atoms with Gasteiger partial charge in [0.2, 0.25) is 11.8 Å². The van der Waals surface area contributed by atoms with E-state index in [-0.39, 0.29) is 17.9 Å². The number of carbonyl (C=O) groups excluding carboxylic acids is 2. The molecule has 12 heteroatoms. The molecule has 2 amide bonds. The lowest BCUT2D eigenvalue weighted by atomic mass is 10.1. The van der Waals surface area contributed by atoms with Crippen LogP contribution < -0.4 is 9.62 Å². The molecular weight excluding hydrogens is 603 g/mol. The minimum atomic E-state index is -4.88. The minimum absolute atomic E-state index is 0.0391. The third kappa shape index (κ3) is 8.73. The van der Waals surface area contributed by atoms with Crippen LogP contribution in [0.3, 0.4) is 0 Å². The van der Waals surface area contributed by atoms with E-state index >= 15 is 0 Å². The summed E-state index contributed by atoms with van der Waals surface area (Å²) in [5.74, 6) is -1.22. The number of benzene rings is 3. The Morgan fingerprint density at radius 2 is 1.56 bits per heavy atom. The number of nitrogens with one attached hydrogen (secondary N) is 1. The largest absolute Gasteiger partial charge is 0.417 e. The molecule has 1 atom stereocenters. The van der Waals surface area contributed by atoms with Crippen molar-refractivity contribution in [3.8, 4) is 0 Å². The third-order valence-electron chi connectivity index (χ3n) is 6.51. The molecular formula is C31H35ClF3N3O4S. The Morgan fingerprint density at radius 3 is 2.09 bits per heavy atom. The molecule has 0 fully saturated rings. The molecule has 0 spiro atoms. The second-order valence-electron chi connectivity index (χ2n) is 11.2. The number of anilines is 1. The average Bonchev–Trinajstić information content (AvgIpc) is 2.91. The van der Waals surface area contributed by atoms with Gasteiger partial charge >= 0.3 is 6.18 Å². The number of amides is 2. The van der Waals surface area contributed by atoms with Gasteiger partial charge < -0.3 is 10.2 Å². The summed E-state index contributed by atoms with van der Waals surface area (Å²) in [7, 11) is -4.55. The summed E-state index contributed by atoms with van der Waals surface area (Å²) < 4.78 is 69.9. The third-order valence-corrected chi connectivity index (χ3v) is 8.63. The van der Waals surface area contributed by atoms with Gasteiger partial charge in [0.05, 0.1) is 21.2 Å². The second kappa shape index (κ2) is 13.4. The topological polar surface area (TPSA) is 86.8 Å². The number of hydrogen-bond donors (Lipinski definition) is 1. The predicted octanol–water partition coefficient (Wildman–Crippen LogP) is 6.58. The van der Waals surface area contributed by atoms with Crippen molar-refractivity contribution in [2.45, 2.75) is 70.2 Å². The molecule has 43 heavy (non-hydrogen) atoms. The maximum Gasteiger partial charge on any atom is 0.417 e. The van der Waals surface area contributed by atoms with Crippen LogP contribution in [0, 0.1) is 6.92 Å². The lowest BCUT2D eigenvalue weighted by molar-refractivity contribution is -0.141. The van der Waals surface area contributed by atoms with E-state index in [9.17, 15) is 31.2 Å². The fourth-order valence-electron chi connectivity index (χ4n) is 4.40. The van der Waals surface area contributed by atoms with Gasteiger partial charge in [-0.05, 0) is 70.0 Å². The van der Waals surface area contributed by atoms with Crippen molar-refractivity contribution >= 4 is 39.1 Å². The molecule has 0 saturated carbocycles. The van der Waals surface area contributed by atoms with Gasteiger partial charge in [0.15, 0.2) is 0 Å².